The number of aromatic hydroxyl groups is 1. The number of phenolic OH excluding ortho intramolecular Hbond substituents is 1. The molecule has 0 bridgehead atoms. The lowest BCUT2D eigenvalue weighted by Crippen LogP contribution is -2.26. The van der Waals surface area contributed by atoms with Gasteiger partial charge in [0.2, 0.25) is 0 Å². The van der Waals surface area contributed by atoms with Gasteiger partial charge in [-0.25, -0.2) is 0 Å². The summed E-state index contributed by atoms with van der Waals surface area (Å²) in [7, 11) is 1.31. The number of benzene rings is 1. The Morgan fingerprint density at radius 2 is 2.35 bits per heavy atom. The molecule has 1 rings (SSSR count). The van der Waals surface area contributed by atoms with Gasteiger partial charge >= 0.3 is 5.97 Å². The molecule has 92 valence electrons. The maximum atomic E-state index is 11.2. The molecule has 1 aromatic carbocycles. The fraction of sp³-hybridized carbons (Fsp3) is 0.333. The first-order valence-corrected chi connectivity index (χ1v) is 5.20. The SMILES string of the molecule is COC(=O)CC(NCC=O)c1cccc(O)c1. The van der Waals surface area contributed by atoms with Gasteiger partial charge in [-0.05, 0) is 17.7 Å². The summed E-state index contributed by atoms with van der Waals surface area (Å²) in [6.45, 7) is 0.136. The third kappa shape index (κ3) is 4.24. The Kier molecular flexibility index (Phi) is 5.16. The summed E-state index contributed by atoms with van der Waals surface area (Å²) in [4.78, 5) is 21.6. The maximum Gasteiger partial charge on any atom is 0.307 e. The van der Waals surface area contributed by atoms with E-state index in [4.69, 9.17) is 0 Å². The van der Waals surface area contributed by atoms with Crippen LogP contribution < -0.4 is 5.32 Å². The van der Waals surface area contributed by atoms with Crippen LogP contribution in [0, 0.1) is 0 Å². The van der Waals surface area contributed by atoms with Gasteiger partial charge < -0.3 is 20.0 Å². The van der Waals surface area contributed by atoms with Crippen molar-refractivity contribution in [3.05, 3.63) is 29.8 Å². The molecule has 5 nitrogen and oxygen atoms in total. The van der Waals surface area contributed by atoms with Crippen LogP contribution in [0.1, 0.15) is 18.0 Å². The minimum Gasteiger partial charge on any atom is -0.508 e. The first kappa shape index (κ1) is 13.2. The molecule has 2 N–H and O–H groups in total. The van der Waals surface area contributed by atoms with Crippen LogP contribution in [0.3, 0.4) is 0 Å². The smallest absolute Gasteiger partial charge is 0.307 e. The van der Waals surface area contributed by atoms with Crippen LogP contribution in [0.5, 0.6) is 5.75 Å². The fourth-order valence-electron chi connectivity index (χ4n) is 1.49. The molecule has 17 heavy (non-hydrogen) atoms. The van der Waals surface area contributed by atoms with Crippen molar-refractivity contribution in [3.63, 3.8) is 0 Å². The number of ether oxygens (including phenoxy) is 1. The number of phenols is 1. The fourth-order valence-corrected chi connectivity index (χ4v) is 1.49. The van der Waals surface area contributed by atoms with Crippen molar-refractivity contribution in [1.82, 2.24) is 5.32 Å². The molecule has 0 amide bonds. The molecular weight excluding hydrogens is 222 g/mol. The second kappa shape index (κ2) is 6.65. The van der Waals surface area contributed by atoms with E-state index in [2.05, 4.69) is 10.1 Å². The Balaban J connectivity index is 2.81. The lowest BCUT2D eigenvalue weighted by atomic mass is 10.0. The van der Waals surface area contributed by atoms with Crippen molar-refractivity contribution >= 4 is 12.3 Å². The zero-order valence-electron chi connectivity index (χ0n) is 9.55. The van der Waals surface area contributed by atoms with Crippen molar-refractivity contribution in [2.45, 2.75) is 12.5 Å². The van der Waals surface area contributed by atoms with E-state index in [0.29, 0.717) is 6.29 Å². The van der Waals surface area contributed by atoms with E-state index < -0.39 is 0 Å². The number of carbonyl (C=O) groups is 2. The Bertz CT molecular complexity index is 392. The quantitative estimate of drug-likeness (QED) is 0.565. The molecule has 0 aliphatic heterocycles. The molecule has 0 aliphatic rings. The topological polar surface area (TPSA) is 75.6 Å². The van der Waals surface area contributed by atoms with Gasteiger partial charge in [-0.1, -0.05) is 12.1 Å². The Morgan fingerprint density at radius 3 is 2.94 bits per heavy atom. The van der Waals surface area contributed by atoms with Crippen LogP contribution in [-0.4, -0.2) is 31.0 Å². The molecule has 0 aliphatic carbocycles. The standard InChI is InChI=1S/C12H15NO4/c1-17-12(16)8-11(13-5-6-14)9-3-2-4-10(15)7-9/h2-4,6-7,11,13,15H,5,8H2,1H3. The number of aldehydes is 1. The molecule has 0 aromatic heterocycles. The van der Waals surface area contributed by atoms with Crippen molar-refractivity contribution in [2.75, 3.05) is 13.7 Å². The summed E-state index contributed by atoms with van der Waals surface area (Å²) in [5.41, 5.74) is 0.734. The van der Waals surface area contributed by atoms with Crippen LogP contribution >= 0.6 is 0 Å². The van der Waals surface area contributed by atoms with Crippen LogP contribution in [0.25, 0.3) is 0 Å². The highest BCUT2D eigenvalue weighted by molar-refractivity contribution is 5.70. The summed E-state index contributed by atoms with van der Waals surface area (Å²) >= 11 is 0. The van der Waals surface area contributed by atoms with E-state index in [-0.39, 0.29) is 30.7 Å². The monoisotopic (exact) mass is 237 g/mol. The number of hydrogen-bond donors (Lipinski definition) is 2. The molecule has 0 fully saturated rings. The Hall–Kier alpha value is -1.88. The Labute approximate surface area is 99.4 Å². The number of nitrogens with one attached hydrogen (secondary N) is 1. The van der Waals surface area contributed by atoms with Crippen LogP contribution in [-0.2, 0) is 14.3 Å². The van der Waals surface area contributed by atoms with Crippen molar-refractivity contribution in [3.8, 4) is 5.75 Å². The van der Waals surface area contributed by atoms with Crippen molar-refractivity contribution in [2.24, 2.45) is 0 Å². The summed E-state index contributed by atoms with van der Waals surface area (Å²) < 4.78 is 4.58. The molecule has 0 heterocycles. The van der Waals surface area contributed by atoms with Crippen molar-refractivity contribution < 1.29 is 19.4 Å². The first-order chi connectivity index (χ1) is 8.17. The summed E-state index contributed by atoms with van der Waals surface area (Å²) in [5.74, 6) is -0.262. The molecule has 0 saturated heterocycles. The third-order valence-electron chi connectivity index (χ3n) is 2.32. The second-order valence-electron chi connectivity index (χ2n) is 3.50. The van der Waals surface area contributed by atoms with E-state index >= 15 is 0 Å². The molecule has 1 unspecified atom stereocenters. The largest absolute Gasteiger partial charge is 0.508 e. The van der Waals surface area contributed by atoms with Gasteiger partial charge in [0.1, 0.15) is 12.0 Å². The summed E-state index contributed by atoms with van der Waals surface area (Å²) in [6, 6.07) is 6.19. The van der Waals surface area contributed by atoms with E-state index in [0.717, 1.165) is 5.56 Å². The first-order valence-electron chi connectivity index (χ1n) is 5.20. The predicted molar refractivity (Wildman–Crippen MR) is 61.5 cm³/mol. The highest BCUT2D eigenvalue weighted by Crippen LogP contribution is 2.21. The van der Waals surface area contributed by atoms with Gasteiger partial charge in [0, 0.05) is 6.04 Å². The molecule has 1 aromatic rings. The number of hydrogen-bond acceptors (Lipinski definition) is 5. The number of rotatable bonds is 6. The van der Waals surface area contributed by atoms with Gasteiger partial charge in [-0.2, -0.15) is 0 Å². The maximum absolute atomic E-state index is 11.2. The minimum absolute atomic E-state index is 0.105. The summed E-state index contributed by atoms with van der Waals surface area (Å²) in [6.07, 6.45) is 0.820. The zero-order chi connectivity index (χ0) is 12.7. The number of carbonyl (C=O) groups excluding carboxylic acids is 2. The van der Waals surface area contributed by atoms with Crippen LogP contribution in [0.15, 0.2) is 24.3 Å². The lowest BCUT2D eigenvalue weighted by molar-refractivity contribution is -0.141. The van der Waals surface area contributed by atoms with E-state index in [1.165, 1.54) is 7.11 Å². The zero-order valence-corrected chi connectivity index (χ0v) is 9.55. The average molecular weight is 237 g/mol. The molecule has 5 heteroatoms. The normalized spacial score (nSPS) is 11.8. The molecule has 0 saturated carbocycles. The Morgan fingerprint density at radius 1 is 1.59 bits per heavy atom. The lowest BCUT2D eigenvalue weighted by Gasteiger charge is -2.16. The summed E-state index contributed by atoms with van der Waals surface area (Å²) in [5, 5.41) is 12.3. The molecule has 0 radical (unpaired) electrons. The van der Waals surface area contributed by atoms with E-state index in [1.54, 1.807) is 24.3 Å². The van der Waals surface area contributed by atoms with Crippen molar-refractivity contribution in [1.29, 1.82) is 0 Å². The van der Waals surface area contributed by atoms with Crippen LogP contribution in [0.4, 0.5) is 0 Å². The molecule has 0 spiro atoms. The molecular formula is C12H15NO4. The van der Waals surface area contributed by atoms with Gasteiger partial charge in [0.15, 0.2) is 0 Å². The average Bonchev–Trinajstić information content (AvgIpc) is 2.34. The van der Waals surface area contributed by atoms with Gasteiger partial charge in [-0.15, -0.1) is 0 Å². The highest BCUT2D eigenvalue weighted by Gasteiger charge is 2.16. The second-order valence-corrected chi connectivity index (χ2v) is 3.50. The minimum atomic E-state index is -0.378. The van der Waals surface area contributed by atoms with Crippen LogP contribution in [0.2, 0.25) is 0 Å². The van der Waals surface area contributed by atoms with Gasteiger partial charge in [0.05, 0.1) is 20.1 Å². The number of esters is 1. The molecule has 1 atom stereocenters. The van der Waals surface area contributed by atoms with Gasteiger partial charge in [0.25, 0.3) is 0 Å². The van der Waals surface area contributed by atoms with E-state index in [9.17, 15) is 14.7 Å². The van der Waals surface area contributed by atoms with Gasteiger partial charge in [-0.3, -0.25) is 4.79 Å². The van der Waals surface area contributed by atoms with E-state index in [1.807, 2.05) is 0 Å². The highest BCUT2D eigenvalue weighted by atomic mass is 16.5. The predicted octanol–water partition coefficient (Wildman–Crippen LogP) is 0.785. The third-order valence-corrected chi connectivity index (χ3v) is 2.32. The number of methoxy groups -OCH3 is 1.